The van der Waals surface area contributed by atoms with Gasteiger partial charge in [-0.2, -0.15) is 5.10 Å². The van der Waals surface area contributed by atoms with E-state index < -0.39 is 0 Å². The highest BCUT2D eigenvalue weighted by molar-refractivity contribution is 6.02. The summed E-state index contributed by atoms with van der Waals surface area (Å²) in [5, 5.41) is 8.90. The predicted octanol–water partition coefficient (Wildman–Crippen LogP) is 5.89. The number of hydrazone groups is 1. The second-order valence-electron chi connectivity index (χ2n) is 8.08. The number of carbonyl (C=O) groups is 2. The average Bonchev–Trinajstić information content (AvgIpc) is 2.78. The number of hydrogen-bond acceptors (Lipinski definition) is 3. The molecular weight excluding hydrogens is 398 g/mol. The summed E-state index contributed by atoms with van der Waals surface area (Å²) in [4.78, 5) is 24.3. The van der Waals surface area contributed by atoms with E-state index in [1.165, 1.54) is 5.56 Å². The van der Waals surface area contributed by atoms with E-state index in [-0.39, 0.29) is 24.7 Å². The van der Waals surface area contributed by atoms with E-state index >= 15 is 0 Å². The molecule has 0 aliphatic heterocycles. The Morgan fingerprint density at radius 2 is 1.59 bits per heavy atom. The Hall–Kier alpha value is -3.73. The molecule has 0 saturated carbocycles. The van der Waals surface area contributed by atoms with Crippen LogP contribution in [-0.2, 0) is 9.59 Å². The highest BCUT2D eigenvalue weighted by Crippen LogP contribution is 2.23. The maximum absolute atomic E-state index is 12.3. The number of amides is 2. The number of hydrogen-bond donors (Lipinski definition) is 2. The minimum absolute atomic E-state index is 0.0629. The van der Waals surface area contributed by atoms with Gasteiger partial charge in [0, 0.05) is 23.9 Å². The number of nitrogens with one attached hydrogen (secondary N) is 2. The van der Waals surface area contributed by atoms with Crippen molar-refractivity contribution < 1.29 is 9.59 Å². The van der Waals surface area contributed by atoms with Crippen LogP contribution in [0.1, 0.15) is 50.7 Å². The predicted molar refractivity (Wildman–Crippen MR) is 133 cm³/mol. The van der Waals surface area contributed by atoms with E-state index in [2.05, 4.69) is 54.0 Å². The molecule has 0 spiro atoms. The van der Waals surface area contributed by atoms with Gasteiger partial charge in [-0.05, 0) is 41.0 Å². The van der Waals surface area contributed by atoms with Crippen LogP contribution in [0.15, 0.2) is 77.4 Å². The van der Waals surface area contributed by atoms with Gasteiger partial charge >= 0.3 is 0 Å². The zero-order valence-corrected chi connectivity index (χ0v) is 18.8. The van der Waals surface area contributed by atoms with Crippen molar-refractivity contribution in [1.82, 2.24) is 5.43 Å². The maximum Gasteiger partial charge on any atom is 0.240 e. The lowest BCUT2D eigenvalue weighted by Gasteiger charge is -2.08. The van der Waals surface area contributed by atoms with Gasteiger partial charge in [-0.3, -0.25) is 9.59 Å². The van der Waals surface area contributed by atoms with Crippen LogP contribution in [0.2, 0.25) is 0 Å². The lowest BCUT2D eigenvalue weighted by molar-refractivity contribution is -0.124. The summed E-state index contributed by atoms with van der Waals surface area (Å²) in [5.74, 6) is -0.00942. The van der Waals surface area contributed by atoms with Crippen LogP contribution in [0.4, 0.5) is 5.69 Å². The summed E-state index contributed by atoms with van der Waals surface area (Å²) < 4.78 is 0. The van der Waals surface area contributed by atoms with Crippen molar-refractivity contribution in [2.75, 3.05) is 5.32 Å². The molecule has 0 saturated heterocycles. The van der Waals surface area contributed by atoms with E-state index in [9.17, 15) is 9.59 Å². The fourth-order valence-corrected chi connectivity index (χ4v) is 3.31. The number of fused-ring (bicyclic) bond motifs is 1. The van der Waals surface area contributed by atoms with Crippen molar-refractivity contribution in [1.29, 1.82) is 0 Å². The molecule has 2 N–H and O–H groups in total. The molecule has 0 aliphatic carbocycles. The smallest absolute Gasteiger partial charge is 0.240 e. The van der Waals surface area contributed by atoms with Gasteiger partial charge in [0.05, 0.1) is 6.21 Å². The zero-order chi connectivity index (χ0) is 22.9. The van der Waals surface area contributed by atoms with Crippen molar-refractivity contribution in [3.8, 4) is 0 Å². The summed E-state index contributed by atoms with van der Waals surface area (Å²) in [6.45, 7) is 6.25. The second-order valence-corrected chi connectivity index (χ2v) is 8.08. The maximum atomic E-state index is 12.3. The van der Waals surface area contributed by atoms with Crippen LogP contribution in [0.3, 0.4) is 0 Å². The van der Waals surface area contributed by atoms with Crippen LogP contribution in [0.25, 0.3) is 16.8 Å². The Bertz CT molecular complexity index is 1140. The molecule has 0 aromatic heterocycles. The first-order chi connectivity index (χ1) is 15.4. The number of carbonyl (C=O) groups excluding carboxylic acids is 2. The lowest BCUT2D eigenvalue weighted by Crippen LogP contribution is -2.20. The molecule has 0 radical (unpaired) electrons. The summed E-state index contributed by atoms with van der Waals surface area (Å²) in [6, 6.07) is 22.0. The van der Waals surface area contributed by atoms with E-state index in [1.54, 1.807) is 6.21 Å². The van der Waals surface area contributed by atoms with Gasteiger partial charge in [-0.1, -0.05) is 80.6 Å². The molecule has 0 unspecified atom stereocenters. The number of rotatable bonds is 8. The Kier molecular flexibility index (Phi) is 7.92. The molecule has 0 bridgehead atoms. The van der Waals surface area contributed by atoms with Gasteiger partial charge in [-0.15, -0.1) is 0 Å². The first-order valence-corrected chi connectivity index (χ1v) is 10.8. The van der Waals surface area contributed by atoms with Crippen molar-refractivity contribution in [3.05, 3.63) is 83.4 Å². The third kappa shape index (κ3) is 6.64. The second kappa shape index (κ2) is 11.0. The normalized spacial score (nSPS) is 11.8. The fourth-order valence-electron chi connectivity index (χ4n) is 3.31. The molecular formula is C27H29N3O2. The summed E-state index contributed by atoms with van der Waals surface area (Å²) in [5.41, 5.74) is 6.51. The molecule has 32 heavy (non-hydrogen) atoms. The summed E-state index contributed by atoms with van der Waals surface area (Å²) >= 11 is 0. The van der Waals surface area contributed by atoms with Gasteiger partial charge in [-0.25, -0.2) is 5.43 Å². The van der Waals surface area contributed by atoms with Crippen LogP contribution < -0.4 is 10.7 Å². The molecule has 0 heterocycles. The molecule has 3 rings (SSSR count). The highest BCUT2D eigenvalue weighted by Gasteiger charge is 2.08. The van der Waals surface area contributed by atoms with Crippen molar-refractivity contribution in [2.45, 2.75) is 39.5 Å². The Labute approximate surface area is 189 Å². The third-order valence-corrected chi connectivity index (χ3v) is 5.10. The quantitative estimate of drug-likeness (QED) is 0.348. The molecule has 0 atom stereocenters. The van der Waals surface area contributed by atoms with Crippen LogP contribution in [0.5, 0.6) is 0 Å². The van der Waals surface area contributed by atoms with Crippen LogP contribution in [0, 0.1) is 0 Å². The van der Waals surface area contributed by atoms with Gasteiger partial charge in [0.2, 0.25) is 11.8 Å². The van der Waals surface area contributed by atoms with E-state index in [0.717, 1.165) is 27.6 Å². The van der Waals surface area contributed by atoms with E-state index in [4.69, 9.17) is 0 Å². The van der Waals surface area contributed by atoms with E-state index in [0.29, 0.717) is 5.92 Å². The van der Waals surface area contributed by atoms with Crippen LogP contribution >= 0.6 is 0 Å². The molecule has 5 heteroatoms. The molecule has 3 aromatic carbocycles. The number of allylic oxidation sites excluding steroid dienone is 1. The Morgan fingerprint density at radius 1 is 0.906 bits per heavy atom. The molecule has 2 amide bonds. The first-order valence-electron chi connectivity index (χ1n) is 10.8. The minimum Gasteiger partial charge on any atom is -0.326 e. The van der Waals surface area contributed by atoms with Gasteiger partial charge in [0.25, 0.3) is 0 Å². The lowest BCUT2D eigenvalue weighted by atomic mass is 10.0. The first kappa shape index (κ1) is 22.9. The largest absolute Gasteiger partial charge is 0.326 e. The van der Waals surface area contributed by atoms with Crippen molar-refractivity contribution >= 4 is 40.6 Å². The number of anilines is 1. The summed E-state index contributed by atoms with van der Waals surface area (Å²) in [6.07, 6.45) is 3.75. The monoisotopic (exact) mass is 427 g/mol. The number of benzene rings is 3. The molecule has 5 nitrogen and oxygen atoms in total. The van der Waals surface area contributed by atoms with Crippen LogP contribution in [-0.4, -0.2) is 18.0 Å². The number of nitrogens with zero attached hydrogens (tertiary/aromatic N) is 1. The topological polar surface area (TPSA) is 70.6 Å². The van der Waals surface area contributed by atoms with Gasteiger partial charge in [0.1, 0.15) is 0 Å². The fraction of sp³-hybridized carbons (Fsp3) is 0.222. The Balaban J connectivity index is 1.46. The van der Waals surface area contributed by atoms with Crippen molar-refractivity contribution in [2.24, 2.45) is 5.10 Å². The third-order valence-electron chi connectivity index (χ3n) is 5.10. The Morgan fingerprint density at radius 3 is 2.34 bits per heavy atom. The SMILES string of the molecule is CC(/C=N\NC(=O)CCC(=O)Nc1cccc2ccccc12)=C\c1ccc(C(C)C)cc1. The van der Waals surface area contributed by atoms with E-state index in [1.807, 2.05) is 55.5 Å². The minimum atomic E-state index is -0.302. The molecule has 3 aromatic rings. The molecule has 0 aliphatic rings. The van der Waals surface area contributed by atoms with Gasteiger partial charge < -0.3 is 5.32 Å². The molecule has 164 valence electrons. The highest BCUT2D eigenvalue weighted by atomic mass is 16.2. The molecule has 0 fully saturated rings. The zero-order valence-electron chi connectivity index (χ0n) is 18.8. The summed E-state index contributed by atoms with van der Waals surface area (Å²) in [7, 11) is 0. The van der Waals surface area contributed by atoms with Gasteiger partial charge in [0.15, 0.2) is 0 Å². The van der Waals surface area contributed by atoms with Crippen molar-refractivity contribution in [3.63, 3.8) is 0 Å². The standard InChI is InChI=1S/C27H29N3O2/c1-19(2)22-13-11-21(12-14-22)17-20(3)18-28-30-27(32)16-15-26(31)29-25-10-6-8-23-7-4-5-9-24(23)25/h4-14,17-19H,15-16H2,1-3H3,(H,29,31)(H,30,32)/b20-17+,28-18-. The average molecular weight is 428 g/mol.